The van der Waals surface area contributed by atoms with Gasteiger partial charge in [-0.15, -0.1) is 12.4 Å². The first-order valence-corrected chi connectivity index (χ1v) is 7.80. The molecule has 0 aliphatic heterocycles. The largest absolute Gasteiger partial charge is 0.345 e. The molecular weight excluding hydrogens is 327 g/mol. The summed E-state index contributed by atoms with van der Waals surface area (Å²) in [5, 5.41) is 7.79. The van der Waals surface area contributed by atoms with Crippen molar-refractivity contribution in [2.45, 2.75) is 18.9 Å². The Kier molecular flexibility index (Phi) is 7.75. The van der Waals surface area contributed by atoms with Crippen molar-refractivity contribution in [1.29, 1.82) is 0 Å². The summed E-state index contributed by atoms with van der Waals surface area (Å²) in [6, 6.07) is 9.43. The zero-order valence-corrected chi connectivity index (χ0v) is 13.8. The lowest BCUT2D eigenvalue weighted by Gasteiger charge is -2.18. The highest BCUT2D eigenvalue weighted by atomic mass is 35.5. The van der Waals surface area contributed by atoms with Crippen LogP contribution in [0.3, 0.4) is 0 Å². The number of amides is 1. The number of nitrogens with one attached hydrogen (secondary N) is 1. The highest BCUT2D eigenvalue weighted by Crippen LogP contribution is 2.25. The molecule has 0 fully saturated rings. The van der Waals surface area contributed by atoms with Gasteiger partial charge in [-0.1, -0.05) is 23.7 Å². The average Bonchev–Trinajstić information content (AvgIpc) is 2.97. The number of halogens is 2. The van der Waals surface area contributed by atoms with E-state index in [0.717, 1.165) is 11.1 Å². The van der Waals surface area contributed by atoms with E-state index < -0.39 is 0 Å². The molecule has 0 saturated carbocycles. The fraction of sp³-hybridized carbons (Fsp3) is 0.267. The van der Waals surface area contributed by atoms with Gasteiger partial charge in [0.2, 0.25) is 5.91 Å². The van der Waals surface area contributed by atoms with E-state index in [1.165, 1.54) is 0 Å². The van der Waals surface area contributed by atoms with Crippen LogP contribution in [0.15, 0.2) is 41.1 Å². The third-order valence-electron chi connectivity index (χ3n) is 2.99. The fourth-order valence-electron chi connectivity index (χ4n) is 1.95. The van der Waals surface area contributed by atoms with E-state index in [2.05, 4.69) is 5.32 Å². The van der Waals surface area contributed by atoms with Crippen molar-refractivity contribution in [2.24, 2.45) is 5.73 Å². The second-order valence-corrected chi connectivity index (χ2v) is 5.72. The van der Waals surface area contributed by atoms with Crippen LogP contribution in [-0.2, 0) is 4.79 Å². The molecule has 0 aliphatic rings. The normalized spacial score (nSPS) is 11.5. The Balaban J connectivity index is 0.00000220. The molecular formula is C15H18Cl2N2OS. The topological polar surface area (TPSA) is 55.1 Å². The summed E-state index contributed by atoms with van der Waals surface area (Å²) < 4.78 is 0. The fourth-order valence-corrected chi connectivity index (χ4v) is 2.76. The summed E-state index contributed by atoms with van der Waals surface area (Å²) in [6.07, 6.45) is 1.15. The van der Waals surface area contributed by atoms with Crippen LogP contribution < -0.4 is 11.1 Å². The van der Waals surface area contributed by atoms with Crippen molar-refractivity contribution >= 4 is 41.3 Å². The molecule has 1 amide bonds. The van der Waals surface area contributed by atoms with E-state index in [4.69, 9.17) is 17.3 Å². The Morgan fingerprint density at radius 1 is 1.24 bits per heavy atom. The Morgan fingerprint density at radius 3 is 2.52 bits per heavy atom. The van der Waals surface area contributed by atoms with Crippen LogP contribution in [0.1, 0.15) is 30.0 Å². The van der Waals surface area contributed by atoms with Gasteiger partial charge < -0.3 is 11.1 Å². The predicted molar refractivity (Wildman–Crippen MR) is 91.3 cm³/mol. The summed E-state index contributed by atoms with van der Waals surface area (Å²) in [5.41, 5.74) is 7.54. The highest BCUT2D eigenvalue weighted by Gasteiger charge is 2.16. The minimum atomic E-state index is -0.135. The SMILES string of the molecule is Cl.NCCCC(=O)NC(c1ccc(Cl)cc1)c1ccsc1. The number of benzene rings is 1. The smallest absolute Gasteiger partial charge is 0.220 e. The van der Waals surface area contributed by atoms with Crippen molar-refractivity contribution in [3.05, 3.63) is 57.2 Å². The van der Waals surface area contributed by atoms with Crippen molar-refractivity contribution < 1.29 is 4.79 Å². The van der Waals surface area contributed by atoms with Crippen LogP contribution >= 0.6 is 35.3 Å². The number of thiophene rings is 1. The molecule has 21 heavy (non-hydrogen) atoms. The van der Waals surface area contributed by atoms with E-state index in [1.54, 1.807) is 11.3 Å². The second kappa shape index (κ2) is 9.05. The molecule has 1 unspecified atom stereocenters. The average molecular weight is 345 g/mol. The van der Waals surface area contributed by atoms with E-state index in [0.29, 0.717) is 24.4 Å². The Labute approximate surface area is 139 Å². The predicted octanol–water partition coefficient (Wildman–Crippen LogP) is 3.77. The summed E-state index contributed by atoms with van der Waals surface area (Å²) in [5.74, 6) is 0.0154. The number of carbonyl (C=O) groups is 1. The van der Waals surface area contributed by atoms with Gasteiger partial charge in [0, 0.05) is 11.4 Å². The maximum absolute atomic E-state index is 12.0. The van der Waals surface area contributed by atoms with E-state index >= 15 is 0 Å². The van der Waals surface area contributed by atoms with E-state index in [1.807, 2.05) is 41.1 Å². The molecule has 0 saturated heterocycles. The first-order chi connectivity index (χ1) is 9.70. The Morgan fingerprint density at radius 2 is 1.95 bits per heavy atom. The monoisotopic (exact) mass is 344 g/mol. The summed E-state index contributed by atoms with van der Waals surface area (Å²) in [6.45, 7) is 0.525. The maximum Gasteiger partial charge on any atom is 0.220 e. The second-order valence-electron chi connectivity index (χ2n) is 4.50. The highest BCUT2D eigenvalue weighted by molar-refractivity contribution is 7.08. The molecule has 6 heteroatoms. The van der Waals surface area contributed by atoms with Gasteiger partial charge in [-0.3, -0.25) is 4.79 Å². The minimum Gasteiger partial charge on any atom is -0.345 e. The number of hydrogen-bond acceptors (Lipinski definition) is 3. The molecule has 1 aromatic heterocycles. The molecule has 0 spiro atoms. The molecule has 0 radical (unpaired) electrons. The number of rotatable bonds is 6. The van der Waals surface area contributed by atoms with Crippen LogP contribution in [0.2, 0.25) is 5.02 Å². The molecule has 2 aromatic rings. The molecule has 0 bridgehead atoms. The van der Waals surface area contributed by atoms with Gasteiger partial charge in [0.1, 0.15) is 0 Å². The van der Waals surface area contributed by atoms with Crippen LogP contribution in [-0.4, -0.2) is 12.5 Å². The molecule has 1 atom stereocenters. The number of hydrogen-bond donors (Lipinski definition) is 2. The van der Waals surface area contributed by atoms with Gasteiger partial charge in [-0.2, -0.15) is 11.3 Å². The van der Waals surface area contributed by atoms with Crippen LogP contribution in [0.4, 0.5) is 0 Å². The van der Waals surface area contributed by atoms with Crippen LogP contribution in [0.25, 0.3) is 0 Å². The van der Waals surface area contributed by atoms with Crippen molar-refractivity contribution in [3.63, 3.8) is 0 Å². The number of carbonyl (C=O) groups excluding carboxylic acids is 1. The van der Waals surface area contributed by atoms with Crippen molar-refractivity contribution in [3.8, 4) is 0 Å². The minimum absolute atomic E-state index is 0. The van der Waals surface area contributed by atoms with Crippen molar-refractivity contribution in [1.82, 2.24) is 5.32 Å². The third-order valence-corrected chi connectivity index (χ3v) is 3.95. The van der Waals surface area contributed by atoms with E-state index in [-0.39, 0.29) is 24.4 Å². The standard InChI is InChI=1S/C15H17ClN2OS.ClH/c16-13-5-3-11(4-6-13)15(12-7-9-20-10-12)18-14(19)2-1-8-17;/h3-7,9-10,15H,1-2,8,17H2,(H,18,19);1H. The molecule has 2 rings (SSSR count). The molecule has 3 nitrogen and oxygen atoms in total. The first-order valence-electron chi connectivity index (χ1n) is 6.47. The summed E-state index contributed by atoms with van der Waals surface area (Å²) >= 11 is 7.53. The van der Waals surface area contributed by atoms with Gasteiger partial charge in [0.25, 0.3) is 0 Å². The molecule has 1 aromatic carbocycles. The lowest BCUT2D eigenvalue weighted by atomic mass is 10.0. The first kappa shape index (κ1) is 18.0. The zero-order valence-electron chi connectivity index (χ0n) is 11.4. The zero-order chi connectivity index (χ0) is 14.4. The quantitative estimate of drug-likeness (QED) is 0.837. The van der Waals surface area contributed by atoms with Gasteiger partial charge in [0.05, 0.1) is 6.04 Å². The molecule has 0 aliphatic carbocycles. The lowest BCUT2D eigenvalue weighted by Crippen LogP contribution is -2.29. The van der Waals surface area contributed by atoms with Gasteiger partial charge >= 0.3 is 0 Å². The van der Waals surface area contributed by atoms with Gasteiger partial charge in [-0.05, 0) is 53.1 Å². The summed E-state index contributed by atoms with van der Waals surface area (Å²) in [7, 11) is 0. The number of nitrogens with two attached hydrogens (primary N) is 1. The molecule has 3 N–H and O–H groups in total. The maximum atomic E-state index is 12.0. The summed E-state index contributed by atoms with van der Waals surface area (Å²) in [4.78, 5) is 12.0. The van der Waals surface area contributed by atoms with E-state index in [9.17, 15) is 4.79 Å². The van der Waals surface area contributed by atoms with Crippen molar-refractivity contribution in [2.75, 3.05) is 6.54 Å². The Bertz CT molecular complexity index is 543. The molecule has 1 heterocycles. The van der Waals surface area contributed by atoms with Gasteiger partial charge in [0.15, 0.2) is 0 Å². The third kappa shape index (κ3) is 5.32. The van der Waals surface area contributed by atoms with Crippen LogP contribution in [0, 0.1) is 0 Å². The lowest BCUT2D eigenvalue weighted by molar-refractivity contribution is -0.121. The Hall–Kier alpha value is -1.07. The van der Waals surface area contributed by atoms with Crippen LogP contribution in [0.5, 0.6) is 0 Å². The molecule has 114 valence electrons. The van der Waals surface area contributed by atoms with Gasteiger partial charge in [-0.25, -0.2) is 0 Å².